The number of hydrogen-bond acceptors (Lipinski definition) is 4. The summed E-state index contributed by atoms with van der Waals surface area (Å²) in [5.41, 5.74) is 8.66. The molecule has 0 saturated carbocycles. The molecule has 1 aromatic carbocycles. The monoisotopic (exact) mass is 270 g/mol. The van der Waals surface area contributed by atoms with E-state index in [1.807, 2.05) is 0 Å². The first-order valence-corrected chi connectivity index (χ1v) is 6.21. The minimum Gasteiger partial charge on any atom is -0.435 e. The van der Waals surface area contributed by atoms with E-state index in [-0.39, 0.29) is 11.8 Å². The number of halogens is 2. The number of rotatable bonds is 5. The molecule has 18 heavy (non-hydrogen) atoms. The van der Waals surface area contributed by atoms with Gasteiger partial charge in [-0.1, -0.05) is 12.1 Å². The smallest absolute Gasteiger partial charge is 0.387 e. The van der Waals surface area contributed by atoms with Crippen molar-refractivity contribution in [1.29, 1.82) is 0 Å². The summed E-state index contributed by atoms with van der Waals surface area (Å²) in [7, 11) is 0. The van der Waals surface area contributed by atoms with Gasteiger partial charge in [-0.2, -0.15) is 8.78 Å². The first-order chi connectivity index (χ1) is 8.65. The summed E-state index contributed by atoms with van der Waals surface area (Å²) in [5.74, 6) is 0.138. The second-order valence-corrected chi connectivity index (χ2v) is 4.70. The van der Waals surface area contributed by atoms with Gasteiger partial charge in [0, 0.05) is 23.5 Å². The summed E-state index contributed by atoms with van der Waals surface area (Å²) < 4.78 is 28.2. The molecule has 0 radical (unpaired) electrons. The molecule has 0 aliphatic rings. The molecule has 2 N–H and O–H groups in total. The van der Waals surface area contributed by atoms with E-state index in [1.165, 1.54) is 12.1 Å². The van der Waals surface area contributed by atoms with Gasteiger partial charge >= 0.3 is 6.61 Å². The van der Waals surface area contributed by atoms with Crippen LogP contribution in [0.5, 0.6) is 5.75 Å². The van der Waals surface area contributed by atoms with Crippen LogP contribution in [0.15, 0.2) is 36.0 Å². The van der Waals surface area contributed by atoms with Crippen LogP contribution in [0, 0.1) is 0 Å². The lowest BCUT2D eigenvalue weighted by molar-refractivity contribution is -0.0498. The molecule has 0 bridgehead atoms. The van der Waals surface area contributed by atoms with Crippen molar-refractivity contribution in [2.45, 2.75) is 19.1 Å². The molecule has 0 amide bonds. The molecular formula is C12H12F2N2OS. The maximum absolute atomic E-state index is 12.0. The fourth-order valence-corrected chi connectivity index (χ4v) is 2.23. The maximum atomic E-state index is 12.0. The van der Waals surface area contributed by atoms with E-state index in [2.05, 4.69) is 9.72 Å². The Balaban J connectivity index is 2.00. The Morgan fingerprint density at radius 1 is 1.28 bits per heavy atom. The molecule has 1 atom stereocenters. The number of nitrogens with zero attached hydrogens (tertiary/aromatic N) is 1. The van der Waals surface area contributed by atoms with Crippen molar-refractivity contribution in [3.8, 4) is 5.75 Å². The minimum atomic E-state index is -2.80. The summed E-state index contributed by atoms with van der Waals surface area (Å²) in [4.78, 5) is 5.07. The van der Waals surface area contributed by atoms with Crippen LogP contribution in [0.1, 0.15) is 16.5 Å². The third kappa shape index (κ3) is 3.48. The maximum Gasteiger partial charge on any atom is 0.387 e. The Hall–Kier alpha value is -1.53. The largest absolute Gasteiger partial charge is 0.435 e. The van der Waals surface area contributed by atoms with Crippen molar-refractivity contribution in [1.82, 2.24) is 4.98 Å². The Kier molecular flexibility index (Phi) is 4.22. The lowest BCUT2D eigenvalue weighted by atomic mass is 10.0. The molecule has 1 unspecified atom stereocenters. The fourth-order valence-electron chi connectivity index (χ4n) is 1.57. The summed E-state index contributed by atoms with van der Waals surface area (Å²) in [6.45, 7) is -2.80. The lowest BCUT2D eigenvalue weighted by Gasteiger charge is -2.11. The van der Waals surface area contributed by atoms with Crippen LogP contribution in [-0.4, -0.2) is 11.6 Å². The average Bonchev–Trinajstić information content (AvgIpc) is 2.82. The second-order valence-electron chi connectivity index (χ2n) is 3.73. The SMILES string of the molecule is NC(Cc1cncs1)c1ccc(OC(F)F)cc1. The molecule has 0 aliphatic heterocycles. The van der Waals surface area contributed by atoms with Gasteiger partial charge in [-0.15, -0.1) is 11.3 Å². The molecular weight excluding hydrogens is 258 g/mol. The number of nitrogens with two attached hydrogens (primary N) is 1. The van der Waals surface area contributed by atoms with Crippen molar-refractivity contribution < 1.29 is 13.5 Å². The van der Waals surface area contributed by atoms with Gasteiger partial charge in [0.2, 0.25) is 0 Å². The third-order valence-corrected chi connectivity index (χ3v) is 3.24. The number of hydrogen-bond donors (Lipinski definition) is 1. The Morgan fingerprint density at radius 2 is 2.00 bits per heavy atom. The van der Waals surface area contributed by atoms with Gasteiger partial charge in [-0.05, 0) is 17.7 Å². The summed E-state index contributed by atoms with van der Waals surface area (Å²) >= 11 is 1.54. The Labute approximate surface area is 107 Å². The van der Waals surface area contributed by atoms with Gasteiger partial charge < -0.3 is 10.5 Å². The van der Waals surface area contributed by atoms with E-state index in [9.17, 15) is 8.78 Å². The van der Waals surface area contributed by atoms with Gasteiger partial charge in [0.15, 0.2) is 0 Å². The van der Waals surface area contributed by atoms with Gasteiger partial charge in [-0.3, -0.25) is 4.98 Å². The normalized spacial score (nSPS) is 12.7. The van der Waals surface area contributed by atoms with Gasteiger partial charge in [0.05, 0.1) is 5.51 Å². The molecule has 96 valence electrons. The van der Waals surface area contributed by atoms with Crippen molar-refractivity contribution in [2.75, 3.05) is 0 Å². The summed E-state index contributed by atoms with van der Waals surface area (Å²) in [6.07, 6.45) is 2.46. The summed E-state index contributed by atoms with van der Waals surface area (Å²) in [6, 6.07) is 6.21. The highest BCUT2D eigenvalue weighted by Gasteiger charge is 2.09. The van der Waals surface area contributed by atoms with Crippen LogP contribution in [0.2, 0.25) is 0 Å². The number of aromatic nitrogens is 1. The zero-order valence-electron chi connectivity index (χ0n) is 9.42. The predicted octanol–water partition coefficient (Wildman–Crippen LogP) is 2.99. The first-order valence-electron chi connectivity index (χ1n) is 5.33. The highest BCUT2D eigenvalue weighted by atomic mass is 32.1. The molecule has 0 aliphatic carbocycles. The van der Waals surface area contributed by atoms with Gasteiger partial charge in [0.25, 0.3) is 0 Å². The number of thiazole rings is 1. The van der Waals surface area contributed by atoms with E-state index in [1.54, 1.807) is 35.2 Å². The highest BCUT2D eigenvalue weighted by molar-refractivity contribution is 7.09. The molecule has 3 nitrogen and oxygen atoms in total. The van der Waals surface area contributed by atoms with Crippen LogP contribution < -0.4 is 10.5 Å². The van der Waals surface area contributed by atoms with Crippen LogP contribution in [-0.2, 0) is 6.42 Å². The quantitative estimate of drug-likeness (QED) is 0.908. The highest BCUT2D eigenvalue weighted by Crippen LogP contribution is 2.21. The van der Waals surface area contributed by atoms with Crippen molar-refractivity contribution in [3.05, 3.63) is 46.4 Å². The minimum absolute atomic E-state index is 0.138. The second kappa shape index (κ2) is 5.88. The van der Waals surface area contributed by atoms with E-state index in [0.29, 0.717) is 6.42 Å². The van der Waals surface area contributed by atoms with Crippen molar-refractivity contribution in [2.24, 2.45) is 5.73 Å². The van der Waals surface area contributed by atoms with E-state index in [0.717, 1.165) is 10.4 Å². The van der Waals surface area contributed by atoms with Gasteiger partial charge in [-0.25, -0.2) is 0 Å². The molecule has 1 aromatic heterocycles. The average molecular weight is 270 g/mol. The van der Waals surface area contributed by atoms with E-state index >= 15 is 0 Å². The lowest BCUT2D eigenvalue weighted by Crippen LogP contribution is -2.12. The van der Waals surface area contributed by atoms with Crippen LogP contribution in [0.4, 0.5) is 8.78 Å². The van der Waals surface area contributed by atoms with Crippen molar-refractivity contribution >= 4 is 11.3 Å². The van der Waals surface area contributed by atoms with Crippen LogP contribution in [0.25, 0.3) is 0 Å². The zero-order chi connectivity index (χ0) is 13.0. The molecule has 0 fully saturated rings. The Bertz CT molecular complexity index is 473. The topological polar surface area (TPSA) is 48.1 Å². The van der Waals surface area contributed by atoms with E-state index < -0.39 is 6.61 Å². The molecule has 0 spiro atoms. The zero-order valence-corrected chi connectivity index (χ0v) is 10.2. The van der Waals surface area contributed by atoms with E-state index in [4.69, 9.17) is 5.73 Å². The number of alkyl halides is 2. The van der Waals surface area contributed by atoms with Crippen molar-refractivity contribution in [3.63, 3.8) is 0 Å². The molecule has 0 saturated heterocycles. The Morgan fingerprint density at radius 3 is 2.56 bits per heavy atom. The number of benzene rings is 1. The third-order valence-electron chi connectivity index (χ3n) is 2.44. The van der Waals surface area contributed by atoms with Crippen LogP contribution in [0.3, 0.4) is 0 Å². The van der Waals surface area contributed by atoms with Gasteiger partial charge in [0.1, 0.15) is 5.75 Å². The molecule has 1 heterocycles. The van der Waals surface area contributed by atoms with Crippen LogP contribution >= 0.6 is 11.3 Å². The predicted molar refractivity (Wildman–Crippen MR) is 65.8 cm³/mol. The molecule has 6 heteroatoms. The summed E-state index contributed by atoms with van der Waals surface area (Å²) in [5, 5.41) is 0. The molecule has 2 aromatic rings. The first kappa shape index (κ1) is 12.9. The standard InChI is InChI=1S/C12H12F2N2OS/c13-12(14)17-9-3-1-8(2-4-9)11(15)5-10-6-16-7-18-10/h1-4,6-7,11-12H,5,15H2. The molecule has 2 rings (SSSR count). The fraction of sp³-hybridized carbons (Fsp3) is 0.250. The number of ether oxygens (including phenoxy) is 1.